The lowest BCUT2D eigenvalue weighted by Crippen LogP contribution is -1.97. The van der Waals surface area contributed by atoms with Crippen molar-refractivity contribution in [1.82, 2.24) is 0 Å². The van der Waals surface area contributed by atoms with Crippen molar-refractivity contribution in [3.05, 3.63) is 0 Å². The summed E-state index contributed by atoms with van der Waals surface area (Å²) >= 11 is 0. The van der Waals surface area contributed by atoms with Crippen LogP contribution >= 0.6 is 0 Å². The predicted molar refractivity (Wildman–Crippen MR) is 110 cm³/mol. The molecule has 0 aromatic heterocycles. The van der Waals surface area contributed by atoms with Crippen molar-refractivity contribution >= 4 is 5.78 Å². The summed E-state index contributed by atoms with van der Waals surface area (Å²) in [7, 11) is 0. The maximum atomic E-state index is 11.6. The molecule has 0 radical (unpaired) electrons. The van der Waals surface area contributed by atoms with Gasteiger partial charge in [0.05, 0.1) is 0 Å². The van der Waals surface area contributed by atoms with Crippen molar-refractivity contribution in [2.45, 2.75) is 96.3 Å². The second kappa shape index (κ2) is 49.9. The molecule has 0 spiro atoms. The van der Waals surface area contributed by atoms with Crippen LogP contribution in [0.1, 0.15) is 96.3 Å². The fourth-order valence-corrected chi connectivity index (χ4v) is 2.71. The maximum absolute atomic E-state index is 11.6. The molecule has 11 heteroatoms. The first kappa shape index (κ1) is 63.4. The van der Waals surface area contributed by atoms with Crippen molar-refractivity contribution in [2.24, 2.45) is 0 Å². The average molecular weight is 419 g/mol. The molecule has 1 aliphatic carbocycles. The molecule has 0 aromatic rings. The van der Waals surface area contributed by atoms with Crippen LogP contribution in [0.4, 0.5) is 0 Å². The summed E-state index contributed by atoms with van der Waals surface area (Å²) in [5.41, 5.74) is 0. The highest BCUT2D eigenvalue weighted by molar-refractivity contribution is 5.78. The van der Waals surface area contributed by atoms with Gasteiger partial charge in [-0.2, -0.15) is 0 Å². The minimum Gasteiger partial charge on any atom is -0.412 e. The topological polar surface area (TPSA) is 332 Å². The van der Waals surface area contributed by atoms with Crippen LogP contribution in [0.5, 0.6) is 0 Å². The third-order valence-electron chi connectivity index (χ3n) is 3.91. The number of rotatable bonds is 0. The first-order valence-corrected chi connectivity index (χ1v) is 7.91. The van der Waals surface area contributed by atoms with Gasteiger partial charge in [-0.05, 0) is 12.8 Å². The first-order chi connectivity index (χ1) is 8.39. The Labute approximate surface area is 162 Å². The molecule has 11 nitrogen and oxygen atoms in total. The number of carbonyl (C=O) groups is 1. The SMILES string of the molecule is O.O.O.O.O.O.O.O.O.O.O=C1CCCCCCCCCCCCCCC1. The normalized spacial score (nSPS) is 14.7. The van der Waals surface area contributed by atoms with Gasteiger partial charge in [-0.1, -0.05) is 70.6 Å². The van der Waals surface area contributed by atoms with Gasteiger partial charge in [-0.3, -0.25) is 4.79 Å². The third-order valence-corrected chi connectivity index (χ3v) is 3.91. The fourth-order valence-electron chi connectivity index (χ4n) is 2.71. The molecule has 1 rings (SSSR count). The standard InChI is InChI=1S/C16H30O.10H2O/c17-16-14-12-10-8-6-4-2-1-3-5-7-9-11-13-15-16;;;;;;;;;;/h1-15H2;10*1H2. The van der Waals surface area contributed by atoms with Crippen molar-refractivity contribution in [3.63, 3.8) is 0 Å². The van der Waals surface area contributed by atoms with Crippen LogP contribution in [0.15, 0.2) is 0 Å². The molecule has 0 atom stereocenters. The number of hydrogen-bond donors (Lipinski definition) is 0. The summed E-state index contributed by atoms with van der Waals surface area (Å²) in [5.74, 6) is 0.511. The van der Waals surface area contributed by atoms with Crippen LogP contribution in [0.3, 0.4) is 0 Å². The van der Waals surface area contributed by atoms with E-state index in [4.69, 9.17) is 0 Å². The second-order valence-corrected chi connectivity index (χ2v) is 5.63. The predicted octanol–water partition coefficient (Wildman–Crippen LogP) is -2.83. The van der Waals surface area contributed by atoms with Crippen LogP contribution in [0, 0.1) is 0 Å². The Bertz CT molecular complexity index is 189. The zero-order valence-electron chi connectivity index (χ0n) is 16.5. The lowest BCUT2D eigenvalue weighted by Gasteiger charge is -2.05. The molecule has 0 aromatic carbocycles. The van der Waals surface area contributed by atoms with Crippen LogP contribution in [-0.4, -0.2) is 60.5 Å². The van der Waals surface area contributed by atoms with Gasteiger partial charge in [0.1, 0.15) is 5.78 Å². The van der Waals surface area contributed by atoms with Gasteiger partial charge >= 0.3 is 0 Å². The van der Waals surface area contributed by atoms with E-state index in [1.807, 2.05) is 0 Å². The summed E-state index contributed by atoms with van der Waals surface area (Å²) in [6, 6.07) is 0. The van der Waals surface area contributed by atoms with E-state index in [1.165, 1.54) is 70.6 Å². The Balaban J connectivity index is -0.0000000361. The molecule has 0 bridgehead atoms. The summed E-state index contributed by atoms with van der Waals surface area (Å²) in [5, 5.41) is 0. The maximum Gasteiger partial charge on any atom is 0.132 e. The molecule has 27 heavy (non-hydrogen) atoms. The summed E-state index contributed by atoms with van der Waals surface area (Å²) in [4.78, 5) is 11.6. The van der Waals surface area contributed by atoms with E-state index in [1.54, 1.807) is 0 Å². The average Bonchev–Trinajstić information content (AvgIpc) is 2.32. The highest BCUT2D eigenvalue weighted by Gasteiger charge is 2.02. The van der Waals surface area contributed by atoms with Gasteiger partial charge in [0, 0.05) is 12.8 Å². The van der Waals surface area contributed by atoms with Crippen molar-refractivity contribution in [2.75, 3.05) is 0 Å². The summed E-state index contributed by atoms with van der Waals surface area (Å²) < 4.78 is 0. The van der Waals surface area contributed by atoms with Crippen LogP contribution in [0.25, 0.3) is 0 Å². The highest BCUT2D eigenvalue weighted by Crippen LogP contribution is 2.15. The van der Waals surface area contributed by atoms with Crippen molar-refractivity contribution in [3.8, 4) is 0 Å². The monoisotopic (exact) mass is 418 g/mol. The highest BCUT2D eigenvalue weighted by atomic mass is 16.1. The van der Waals surface area contributed by atoms with E-state index in [9.17, 15) is 4.79 Å². The molecule has 1 fully saturated rings. The lowest BCUT2D eigenvalue weighted by molar-refractivity contribution is -0.119. The van der Waals surface area contributed by atoms with Gasteiger partial charge < -0.3 is 54.8 Å². The van der Waals surface area contributed by atoms with Crippen LogP contribution in [-0.2, 0) is 4.79 Å². The van der Waals surface area contributed by atoms with E-state index in [0.717, 1.165) is 25.7 Å². The number of hydrogen-bond acceptors (Lipinski definition) is 1. The zero-order valence-corrected chi connectivity index (χ0v) is 16.5. The van der Waals surface area contributed by atoms with Crippen molar-refractivity contribution in [1.29, 1.82) is 0 Å². The van der Waals surface area contributed by atoms with Gasteiger partial charge in [0.25, 0.3) is 0 Å². The Morgan fingerprint density at radius 3 is 0.630 bits per heavy atom. The van der Waals surface area contributed by atoms with E-state index < -0.39 is 0 Å². The largest absolute Gasteiger partial charge is 0.412 e. The molecule has 1 aliphatic rings. The Kier molecular flexibility index (Phi) is 117. The lowest BCUT2D eigenvalue weighted by atomic mass is 10.0. The minimum absolute atomic E-state index is 0. The van der Waals surface area contributed by atoms with Gasteiger partial charge in [-0.15, -0.1) is 0 Å². The molecular formula is C16H50O11. The molecule has 1 saturated carbocycles. The van der Waals surface area contributed by atoms with Crippen molar-refractivity contribution < 1.29 is 59.6 Å². The summed E-state index contributed by atoms with van der Waals surface area (Å²) in [6.45, 7) is 0. The molecule has 0 unspecified atom stereocenters. The fraction of sp³-hybridized carbons (Fsp3) is 0.938. The van der Waals surface area contributed by atoms with E-state index in [-0.39, 0.29) is 54.8 Å². The third kappa shape index (κ3) is 45.9. The molecule has 0 saturated heterocycles. The van der Waals surface area contributed by atoms with Crippen LogP contribution in [0.2, 0.25) is 0 Å². The Morgan fingerprint density at radius 2 is 0.444 bits per heavy atom. The second-order valence-electron chi connectivity index (χ2n) is 5.63. The molecule has 0 amide bonds. The number of ketones is 1. The van der Waals surface area contributed by atoms with Crippen LogP contribution < -0.4 is 0 Å². The first-order valence-electron chi connectivity index (χ1n) is 7.91. The zero-order chi connectivity index (χ0) is 12.2. The Hall–Kier alpha value is -0.730. The molecular weight excluding hydrogens is 368 g/mol. The smallest absolute Gasteiger partial charge is 0.132 e. The quantitative estimate of drug-likeness (QED) is 0.394. The molecule has 180 valence electrons. The van der Waals surface area contributed by atoms with E-state index in [2.05, 4.69) is 0 Å². The van der Waals surface area contributed by atoms with E-state index in [0.29, 0.717) is 5.78 Å². The van der Waals surface area contributed by atoms with E-state index >= 15 is 0 Å². The number of Topliss-reactive ketones (excluding diaryl/α,β-unsaturated/α-hetero) is 1. The molecule has 20 N–H and O–H groups in total. The summed E-state index contributed by atoms with van der Waals surface area (Å²) in [6.07, 6.45) is 19.1. The Morgan fingerprint density at radius 1 is 0.296 bits per heavy atom. The van der Waals surface area contributed by atoms with Gasteiger partial charge in [-0.25, -0.2) is 0 Å². The molecule has 0 heterocycles. The minimum atomic E-state index is 0. The van der Waals surface area contributed by atoms with Gasteiger partial charge in [0.15, 0.2) is 0 Å². The number of carbonyl (C=O) groups excluding carboxylic acids is 1. The van der Waals surface area contributed by atoms with Gasteiger partial charge in [0.2, 0.25) is 0 Å². The molecule has 0 aliphatic heterocycles.